The summed E-state index contributed by atoms with van der Waals surface area (Å²) in [5.41, 5.74) is 0.773. The van der Waals surface area contributed by atoms with E-state index in [0.29, 0.717) is 17.3 Å². The first kappa shape index (κ1) is 14.8. The molecule has 0 saturated carbocycles. The van der Waals surface area contributed by atoms with Gasteiger partial charge in [0.25, 0.3) is 5.89 Å². The topological polar surface area (TPSA) is 51.0 Å². The molecule has 7 heteroatoms. The Kier molecular flexibility index (Phi) is 3.74. The number of rotatable bonds is 3. The lowest BCUT2D eigenvalue weighted by Gasteiger charge is -2.23. The Hall–Kier alpha value is -2.15. The predicted octanol–water partition coefficient (Wildman–Crippen LogP) is 3.34. The highest BCUT2D eigenvalue weighted by Crippen LogP contribution is 2.30. The first-order chi connectivity index (χ1) is 10.4. The van der Waals surface area contributed by atoms with Crippen LogP contribution in [-0.2, 0) is 6.18 Å². The summed E-state index contributed by atoms with van der Waals surface area (Å²) in [5, 5.41) is 7.04. The molecule has 4 nitrogen and oxygen atoms in total. The lowest BCUT2D eigenvalue weighted by Crippen LogP contribution is -2.40. The molecule has 1 saturated heterocycles. The van der Waals surface area contributed by atoms with Crippen molar-refractivity contribution >= 4 is 11.6 Å². The van der Waals surface area contributed by atoms with Crippen LogP contribution in [0.2, 0.25) is 0 Å². The molecule has 116 valence electrons. The van der Waals surface area contributed by atoms with E-state index in [0.717, 1.165) is 30.8 Å². The summed E-state index contributed by atoms with van der Waals surface area (Å²) in [6, 6.07) is 4.99. The number of hydrogen-bond donors (Lipinski definition) is 1. The third-order valence-electron chi connectivity index (χ3n) is 3.61. The SMILES string of the molecule is C/C(=C/c1nc(C2CNC2)no1)c1ccc(C(F)(F)F)cc1. The zero-order chi connectivity index (χ0) is 15.7. The average molecular weight is 309 g/mol. The lowest BCUT2D eigenvalue weighted by molar-refractivity contribution is -0.137. The van der Waals surface area contributed by atoms with Crippen molar-refractivity contribution in [2.45, 2.75) is 19.0 Å². The van der Waals surface area contributed by atoms with Crippen molar-refractivity contribution in [1.82, 2.24) is 15.5 Å². The average Bonchev–Trinajstić information content (AvgIpc) is 2.84. The standard InChI is InChI=1S/C15H14F3N3O/c1-9(10-2-4-12(5-3-10)15(16,17)18)6-13-20-14(21-22-13)11-7-19-8-11/h2-6,11,19H,7-8H2,1H3/b9-6-. The van der Waals surface area contributed by atoms with Gasteiger partial charge in [0.1, 0.15) is 0 Å². The normalized spacial score (nSPS) is 16.6. The number of benzene rings is 1. The molecule has 0 aliphatic carbocycles. The van der Waals surface area contributed by atoms with Gasteiger partial charge in [-0.05, 0) is 30.2 Å². The number of hydrogen-bond acceptors (Lipinski definition) is 4. The van der Waals surface area contributed by atoms with Gasteiger partial charge in [0.2, 0.25) is 0 Å². The molecular formula is C15H14F3N3O. The fourth-order valence-electron chi connectivity index (χ4n) is 2.13. The van der Waals surface area contributed by atoms with Crippen LogP contribution >= 0.6 is 0 Å². The Labute approximate surface area is 125 Å². The molecular weight excluding hydrogens is 295 g/mol. The zero-order valence-corrected chi connectivity index (χ0v) is 11.8. The summed E-state index contributed by atoms with van der Waals surface area (Å²) in [4.78, 5) is 4.28. The monoisotopic (exact) mass is 309 g/mol. The van der Waals surface area contributed by atoms with Crippen LogP contribution in [0.5, 0.6) is 0 Å². The Bertz CT molecular complexity index is 685. The van der Waals surface area contributed by atoms with Gasteiger partial charge in [-0.3, -0.25) is 0 Å². The minimum atomic E-state index is -4.33. The highest BCUT2D eigenvalue weighted by atomic mass is 19.4. The van der Waals surface area contributed by atoms with Crippen LogP contribution < -0.4 is 5.32 Å². The van der Waals surface area contributed by atoms with Gasteiger partial charge >= 0.3 is 6.18 Å². The zero-order valence-electron chi connectivity index (χ0n) is 11.8. The van der Waals surface area contributed by atoms with E-state index >= 15 is 0 Å². The van der Waals surface area contributed by atoms with E-state index in [1.807, 2.05) is 0 Å². The van der Waals surface area contributed by atoms with E-state index in [2.05, 4.69) is 15.5 Å². The number of nitrogens with one attached hydrogen (secondary N) is 1. The molecule has 0 unspecified atom stereocenters. The molecule has 1 aromatic heterocycles. The van der Waals surface area contributed by atoms with Crippen molar-refractivity contribution in [3.63, 3.8) is 0 Å². The molecule has 1 aliphatic rings. The van der Waals surface area contributed by atoms with Gasteiger partial charge in [0, 0.05) is 25.1 Å². The van der Waals surface area contributed by atoms with Crippen LogP contribution in [0.15, 0.2) is 28.8 Å². The minimum absolute atomic E-state index is 0.275. The second-order valence-corrected chi connectivity index (χ2v) is 5.25. The van der Waals surface area contributed by atoms with Gasteiger partial charge in [-0.1, -0.05) is 17.3 Å². The Morgan fingerprint density at radius 1 is 1.27 bits per heavy atom. The number of halogens is 3. The molecule has 22 heavy (non-hydrogen) atoms. The fourth-order valence-corrected chi connectivity index (χ4v) is 2.13. The van der Waals surface area contributed by atoms with E-state index in [4.69, 9.17) is 4.52 Å². The second-order valence-electron chi connectivity index (χ2n) is 5.25. The molecule has 1 N–H and O–H groups in total. The number of alkyl halides is 3. The van der Waals surface area contributed by atoms with Crippen molar-refractivity contribution in [2.75, 3.05) is 13.1 Å². The van der Waals surface area contributed by atoms with Crippen LogP contribution in [0.4, 0.5) is 13.2 Å². The molecule has 0 bridgehead atoms. The Morgan fingerprint density at radius 2 is 1.95 bits per heavy atom. The number of aromatic nitrogens is 2. The first-order valence-electron chi connectivity index (χ1n) is 6.84. The molecule has 3 rings (SSSR count). The first-order valence-corrected chi connectivity index (χ1v) is 6.84. The van der Waals surface area contributed by atoms with Crippen LogP contribution in [0.25, 0.3) is 11.6 Å². The van der Waals surface area contributed by atoms with Gasteiger partial charge in [0.15, 0.2) is 5.82 Å². The maximum atomic E-state index is 12.5. The quantitative estimate of drug-likeness (QED) is 0.945. The van der Waals surface area contributed by atoms with Crippen LogP contribution in [-0.4, -0.2) is 23.2 Å². The van der Waals surface area contributed by atoms with E-state index < -0.39 is 11.7 Å². The van der Waals surface area contributed by atoms with Gasteiger partial charge < -0.3 is 9.84 Å². The molecule has 0 amide bonds. The molecule has 0 spiro atoms. The van der Waals surface area contributed by atoms with Crippen molar-refractivity contribution in [2.24, 2.45) is 0 Å². The van der Waals surface area contributed by atoms with Crippen LogP contribution in [0.3, 0.4) is 0 Å². The van der Waals surface area contributed by atoms with Crippen molar-refractivity contribution in [3.8, 4) is 0 Å². The van der Waals surface area contributed by atoms with Crippen LogP contribution in [0, 0.1) is 0 Å². The van der Waals surface area contributed by atoms with Crippen molar-refractivity contribution in [3.05, 3.63) is 47.1 Å². The smallest absolute Gasteiger partial charge is 0.335 e. The molecule has 0 atom stereocenters. The summed E-state index contributed by atoms with van der Waals surface area (Å²) in [6.07, 6.45) is -2.65. The highest BCUT2D eigenvalue weighted by Gasteiger charge is 2.30. The van der Waals surface area contributed by atoms with Gasteiger partial charge in [-0.25, -0.2) is 0 Å². The molecule has 1 aliphatic heterocycles. The maximum Gasteiger partial charge on any atom is 0.416 e. The molecule has 2 aromatic rings. The third kappa shape index (κ3) is 3.04. The molecule has 1 aromatic carbocycles. The third-order valence-corrected chi connectivity index (χ3v) is 3.61. The number of nitrogens with zero attached hydrogens (tertiary/aromatic N) is 2. The van der Waals surface area contributed by atoms with Crippen molar-refractivity contribution in [1.29, 1.82) is 0 Å². The summed E-state index contributed by atoms with van der Waals surface area (Å²) in [7, 11) is 0. The predicted molar refractivity (Wildman–Crippen MR) is 74.9 cm³/mol. The van der Waals surface area contributed by atoms with Crippen LogP contribution in [0.1, 0.15) is 35.7 Å². The molecule has 2 heterocycles. The summed E-state index contributed by atoms with van der Waals surface area (Å²) in [5.74, 6) is 1.29. The minimum Gasteiger partial charge on any atom is -0.335 e. The van der Waals surface area contributed by atoms with E-state index in [-0.39, 0.29) is 5.92 Å². The summed E-state index contributed by atoms with van der Waals surface area (Å²) in [6.45, 7) is 3.46. The largest absolute Gasteiger partial charge is 0.416 e. The maximum absolute atomic E-state index is 12.5. The van der Waals surface area contributed by atoms with Gasteiger partial charge in [-0.2, -0.15) is 18.2 Å². The number of allylic oxidation sites excluding steroid dienone is 1. The van der Waals surface area contributed by atoms with E-state index in [1.54, 1.807) is 13.0 Å². The fraction of sp³-hybridized carbons (Fsp3) is 0.333. The Balaban J connectivity index is 1.77. The second kappa shape index (κ2) is 5.57. The lowest BCUT2D eigenvalue weighted by atomic mass is 10.0. The summed E-state index contributed by atoms with van der Waals surface area (Å²) >= 11 is 0. The van der Waals surface area contributed by atoms with E-state index in [1.165, 1.54) is 12.1 Å². The van der Waals surface area contributed by atoms with Gasteiger partial charge in [0.05, 0.1) is 5.56 Å². The summed E-state index contributed by atoms with van der Waals surface area (Å²) < 4.78 is 42.7. The highest BCUT2D eigenvalue weighted by molar-refractivity contribution is 5.77. The molecule has 1 fully saturated rings. The van der Waals surface area contributed by atoms with Crippen molar-refractivity contribution < 1.29 is 17.7 Å². The molecule has 0 radical (unpaired) electrons. The van der Waals surface area contributed by atoms with E-state index in [9.17, 15) is 13.2 Å². The Morgan fingerprint density at radius 3 is 2.50 bits per heavy atom. The van der Waals surface area contributed by atoms with Gasteiger partial charge in [-0.15, -0.1) is 0 Å².